The minimum absolute atomic E-state index is 0.362. The molecule has 0 atom stereocenters. The summed E-state index contributed by atoms with van der Waals surface area (Å²) < 4.78 is 6.89. The van der Waals surface area contributed by atoms with Crippen molar-refractivity contribution in [1.29, 1.82) is 0 Å². The number of hydrogen-bond acceptors (Lipinski definition) is 7. The average Bonchev–Trinajstić information content (AvgIpc) is 2.64. The number of ether oxygens (including phenoxy) is 1. The van der Waals surface area contributed by atoms with E-state index in [9.17, 15) is 0 Å². The Morgan fingerprint density at radius 1 is 1.35 bits per heavy atom. The van der Waals surface area contributed by atoms with E-state index in [1.165, 1.54) is 25.2 Å². The molecular weight excluding hydrogens is 240 g/mol. The molecule has 2 N–H and O–H groups in total. The first-order valence-electron chi connectivity index (χ1n) is 4.81. The van der Waals surface area contributed by atoms with E-state index in [1.807, 2.05) is 18.5 Å². The van der Waals surface area contributed by atoms with Gasteiger partial charge in [0.1, 0.15) is 22.9 Å². The number of nitrogens with two attached hydrogens (primary N) is 1. The van der Waals surface area contributed by atoms with Gasteiger partial charge in [-0.3, -0.25) is 0 Å². The SMILES string of the molecule is COc1ncnc(Sc2nnc(C)n2C)c1N. The maximum Gasteiger partial charge on any atom is 0.241 e. The molecular formula is C9H12N6OS. The summed E-state index contributed by atoms with van der Waals surface area (Å²) in [5.74, 6) is 1.19. The van der Waals surface area contributed by atoms with E-state index in [1.54, 1.807) is 0 Å². The summed E-state index contributed by atoms with van der Waals surface area (Å²) in [5.41, 5.74) is 6.27. The van der Waals surface area contributed by atoms with Crippen LogP contribution in [0.25, 0.3) is 0 Å². The molecule has 0 amide bonds. The van der Waals surface area contributed by atoms with Gasteiger partial charge in [-0.1, -0.05) is 0 Å². The summed E-state index contributed by atoms with van der Waals surface area (Å²) >= 11 is 1.32. The predicted molar refractivity (Wildman–Crippen MR) is 62.9 cm³/mol. The number of anilines is 1. The van der Waals surface area contributed by atoms with Crippen LogP contribution in [0.5, 0.6) is 5.88 Å². The van der Waals surface area contributed by atoms with Gasteiger partial charge in [-0.15, -0.1) is 10.2 Å². The van der Waals surface area contributed by atoms with Crippen molar-refractivity contribution in [3.63, 3.8) is 0 Å². The van der Waals surface area contributed by atoms with Crippen LogP contribution in [0.3, 0.4) is 0 Å². The molecule has 0 fully saturated rings. The molecule has 2 aromatic rings. The summed E-state index contributed by atoms with van der Waals surface area (Å²) in [7, 11) is 3.39. The lowest BCUT2D eigenvalue weighted by molar-refractivity contribution is 0.397. The average molecular weight is 252 g/mol. The Labute approximate surface area is 102 Å². The summed E-state index contributed by atoms with van der Waals surface area (Å²) in [6.07, 6.45) is 1.40. The van der Waals surface area contributed by atoms with Gasteiger partial charge in [0.15, 0.2) is 5.16 Å². The first-order valence-corrected chi connectivity index (χ1v) is 5.63. The zero-order valence-electron chi connectivity index (χ0n) is 9.71. The quantitative estimate of drug-likeness (QED) is 0.802. The number of aryl methyl sites for hydroxylation is 1. The fourth-order valence-corrected chi connectivity index (χ4v) is 1.99. The summed E-state index contributed by atoms with van der Waals surface area (Å²) in [6, 6.07) is 0. The Morgan fingerprint density at radius 3 is 2.71 bits per heavy atom. The molecule has 0 aliphatic heterocycles. The first kappa shape index (κ1) is 11.6. The number of nitrogens with zero attached hydrogens (tertiary/aromatic N) is 5. The number of hydrogen-bond donors (Lipinski definition) is 1. The topological polar surface area (TPSA) is 91.7 Å². The number of rotatable bonds is 3. The highest BCUT2D eigenvalue weighted by molar-refractivity contribution is 7.99. The van der Waals surface area contributed by atoms with Gasteiger partial charge in [-0.05, 0) is 18.7 Å². The van der Waals surface area contributed by atoms with Crippen LogP contribution in [0.2, 0.25) is 0 Å². The summed E-state index contributed by atoms with van der Waals surface area (Å²) in [5, 5.41) is 9.31. The summed E-state index contributed by atoms with van der Waals surface area (Å²) in [4.78, 5) is 8.01. The second kappa shape index (κ2) is 4.58. The van der Waals surface area contributed by atoms with E-state index in [0.717, 1.165) is 11.0 Å². The lowest BCUT2D eigenvalue weighted by Gasteiger charge is -2.06. The third kappa shape index (κ3) is 2.16. The number of aromatic nitrogens is 5. The third-order valence-corrected chi connectivity index (χ3v) is 3.30. The molecule has 2 aromatic heterocycles. The highest BCUT2D eigenvalue weighted by atomic mass is 32.2. The second-order valence-electron chi connectivity index (χ2n) is 3.29. The van der Waals surface area contributed by atoms with E-state index >= 15 is 0 Å². The second-order valence-corrected chi connectivity index (χ2v) is 4.25. The Bertz CT molecular complexity index is 540. The minimum Gasteiger partial charge on any atom is -0.479 e. The molecule has 0 saturated carbocycles. The van der Waals surface area contributed by atoms with Crippen LogP contribution in [0.4, 0.5) is 5.69 Å². The van der Waals surface area contributed by atoms with Crippen molar-refractivity contribution in [1.82, 2.24) is 24.7 Å². The highest BCUT2D eigenvalue weighted by Crippen LogP contribution is 2.32. The molecule has 0 aliphatic rings. The van der Waals surface area contributed by atoms with Crippen molar-refractivity contribution in [2.45, 2.75) is 17.1 Å². The van der Waals surface area contributed by atoms with Gasteiger partial charge in [0.2, 0.25) is 5.88 Å². The fraction of sp³-hybridized carbons (Fsp3) is 0.333. The third-order valence-electron chi connectivity index (χ3n) is 2.24. The van der Waals surface area contributed by atoms with Crippen LogP contribution < -0.4 is 10.5 Å². The molecule has 17 heavy (non-hydrogen) atoms. The van der Waals surface area contributed by atoms with Crippen LogP contribution in [0.1, 0.15) is 5.82 Å². The molecule has 0 unspecified atom stereocenters. The standard InChI is InChI=1S/C9H12N6OS/c1-5-13-14-9(15(5)2)17-8-6(10)7(16-3)11-4-12-8/h4H,10H2,1-3H3. The normalized spacial score (nSPS) is 10.5. The first-order chi connectivity index (χ1) is 8.13. The van der Waals surface area contributed by atoms with Crippen molar-refractivity contribution in [3.05, 3.63) is 12.2 Å². The van der Waals surface area contributed by atoms with Crippen molar-refractivity contribution >= 4 is 17.4 Å². The molecule has 8 heteroatoms. The monoisotopic (exact) mass is 252 g/mol. The maximum absolute atomic E-state index is 5.87. The largest absolute Gasteiger partial charge is 0.479 e. The van der Waals surface area contributed by atoms with Gasteiger partial charge in [0.05, 0.1) is 7.11 Å². The number of methoxy groups -OCH3 is 1. The lowest BCUT2D eigenvalue weighted by Crippen LogP contribution is -2.00. The fourth-order valence-electron chi connectivity index (χ4n) is 1.17. The molecule has 0 bridgehead atoms. The van der Waals surface area contributed by atoms with Crippen molar-refractivity contribution in [3.8, 4) is 5.88 Å². The van der Waals surface area contributed by atoms with Crippen LogP contribution in [0, 0.1) is 6.92 Å². The van der Waals surface area contributed by atoms with Crippen LogP contribution >= 0.6 is 11.8 Å². The van der Waals surface area contributed by atoms with Crippen LogP contribution in [0.15, 0.2) is 16.5 Å². The van der Waals surface area contributed by atoms with Crippen molar-refractivity contribution in [2.24, 2.45) is 7.05 Å². The Hall–Kier alpha value is -1.83. The molecule has 0 aromatic carbocycles. The van der Waals surface area contributed by atoms with Gasteiger partial charge in [-0.2, -0.15) is 4.98 Å². The molecule has 0 saturated heterocycles. The Morgan fingerprint density at radius 2 is 2.12 bits per heavy atom. The molecule has 7 nitrogen and oxygen atoms in total. The molecule has 0 radical (unpaired) electrons. The minimum atomic E-state index is 0.362. The maximum atomic E-state index is 5.87. The Balaban J connectivity index is 2.33. The Kier molecular flexibility index (Phi) is 3.14. The lowest BCUT2D eigenvalue weighted by atomic mass is 10.5. The molecule has 2 heterocycles. The van der Waals surface area contributed by atoms with E-state index in [-0.39, 0.29) is 0 Å². The number of nitrogen functional groups attached to an aromatic ring is 1. The van der Waals surface area contributed by atoms with E-state index in [4.69, 9.17) is 10.5 Å². The molecule has 90 valence electrons. The van der Waals surface area contributed by atoms with Gasteiger partial charge < -0.3 is 15.0 Å². The zero-order chi connectivity index (χ0) is 12.4. The van der Waals surface area contributed by atoms with Gasteiger partial charge in [0, 0.05) is 7.05 Å². The van der Waals surface area contributed by atoms with Crippen molar-refractivity contribution < 1.29 is 4.74 Å². The smallest absolute Gasteiger partial charge is 0.241 e. The van der Waals surface area contributed by atoms with Crippen LogP contribution in [-0.2, 0) is 7.05 Å². The van der Waals surface area contributed by atoms with Gasteiger partial charge in [0.25, 0.3) is 0 Å². The van der Waals surface area contributed by atoms with Gasteiger partial charge in [-0.25, -0.2) is 4.98 Å². The van der Waals surface area contributed by atoms with E-state index in [0.29, 0.717) is 16.6 Å². The predicted octanol–water partition coefficient (Wildman–Crippen LogP) is 0.656. The summed E-state index contributed by atoms with van der Waals surface area (Å²) in [6.45, 7) is 1.88. The molecule has 2 rings (SSSR count). The van der Waals surface area contributed by atoms with E-state index < -0.39 is 0 Å². The molecule has 0 spiro atoms. The van der Waals surface area contributed by atoms with E-state index in [2.05, 4.69) is 20.2 Å². The van der Waals surface area contributed by atoms with Crippen LogP contribution in [-0.4, -0.2) is 31.8 Å². The highest BCUT2D eigenvalue weighted by Gasteiger charge is 2.13. The van der Waals surface area contributed by atoms with Gasteiger partial charge >= 0.3 is 0 Å². The zero-order valence-corrected chi connectivity index (χ0v) is 10.5. The van der Waals surface area contributed by atoms with Crippen molar-refractivity contribution in [2.75, 3.05) is 12.8 Å². The molecule has 0 aliphatic carbocycles.